The second kappa shape index (κ2) is 3.09. The number of rotatable bonds is 2. The fraction of sp³-hybridized carbons (Fsp3) is 0.333. The zero-order chi connectivity index (χ0) is 10.3. The summed E-state index contributed by atoms with van der Waals surface area (Å²) in [6.07, 6.45) is 0. The van der Waals surface area contributed by atoms with Gasteiger partial charge in [-0.25, -0.2) is 4.68 Å². The molecular formula is C9H10N6. The molecule has 0 saturated carbocycles. The Morgan fingerprint density at radius 1 is 1.40 bits per heavy atom. The molecule has 0 amide bonds. The summed E-state index contributed by atoms with van der Waals surface area (Å²) in [5.74, 6) is 0. The normalized spacial score (nSPS) is 13.7. The Balaban J connectivity index is 2.31. The van der Waals surface area contributed by atoms with Crippen molar-refractivity contribution in [1.29, 1.82) is 0 Å². The van der Waals surface area contributed by atoms with E-state index in [0.29, 0.717) is 19.6 Å². The van der Waals surface area contributed by atoms with E-state index in [0.717, 1.165) is 22.3 Å². The van der Waals surface area contributed by atoms with E-state index in [1.165, 1.54) is 0 Å². The van der Waals surface area contributed by atoms with Gasteiger partial charge in [0, 0.05) is 12.1 Å². The standard InChI is InChI=1S/C9H10N6/c10-3-4-15-9-7(12-14-15)2-1-6-5-11-13-8(6)9/h1-2H,3-5,10H2. The van der Waals surface area contributed by atoms with Gasteiger partial charge in [-0.15, -0.1) is 5.10 Å². The van der Waals surface area contributed by atoms with Gasteiger partial charge in [-0.3, -0.25) is 0 Å². The SMILES string of the molecule is NCCn1nnc2ccc3c(c21)N=NC3. The zero-order valence-electron chi connectivity index (χ0n) is 8.09. The van der Waals surface area contributed by atoms with Crippen LogP contribution >= 0.6 is 0 Å². The van der Waals surface area contributed by atoms with Crippen molar-refractivity contribution in [3.05, 3.63) is 17.7 Å². The Kier molecular flexibility index (Phi) is 1.75. The van der Waals surface area contributed by atoms with Gasteiger partial charge < -0.3 is 5.73 Å². The summed E-state index contributed by atoms with van der Waals surface area (Å²) in [5, 5.41) is 16.3. The van der Waals surface area contributed by atoms with Gasteiger partial charge in [-0.1, -0.05) is 11.3 Å². The summed E-state index contributed by atoms with van der Waals surface area (Å²) in [6, 6.07) is 3.95. The van der Waals surface area contributed by atoms with E-state index < -0.39 is 0 Å². The molecule has 0 atom stereocenters. The van der Waals surface area contributed by atoms with E-state index in [4.69, 9.17) is 5.73 Å². The predicted octanol–water partition coefficient (Wildman–Crippen LogP) is 0.987. The molecule has 0 spiro atoms. The van der Waals surface area contributed by atoms with Gasteiger partial charge in [-0.2, -0.15) is 10.2 Å². The van der Waals surface area contributed by atoms with E-state index in [1.807, 2.05) is 12.1 Å². The largest absolute Gasteiger partial charge is 0.329 e. The maximum Gasteiger partial charge on any atom is 0.118 e. The third-order valence-corrected chi connectivity index (χ3v) is 2.48. The minimum Gasteiger partial charge on any atom is -0.329 e. The molecule has 0 aliphatic carbocycles. The highest BCUT2D eigenvalue weighted by Gasteiger charge is 2.16. The van der Waals surface area contributed by atoms with Crippen LogP contribution in [-0.2, 0) is 13.1 Å². The Morgan fingerprint density at radius 2 is 2.33 bits per heavy atom. The average Bonchev–Trinajstić information content (AvgIpc) is 2.83. The van der Waals surface area contributed by atoms with Gasteiger partial charge in [0.2, 0.25) is 0 Å². The molecule has 3 rings (SSSR count). The van der Waals surface area contributed by atoms with Crippen molar-refractivity contribution >= 4 is 16.7 Å². The first-order valence-corrected chi connectivity index (χ1v) is 4.83. The molecule has 6 nitrogen and oxygen atoms in total. The summed E-state index contributed by atoms with van der Waals surface area (Å²) in [6.45, 7) is 1.85. The number of hydrogen-bond acceptors (Lipinski definition) is 5. The van der Waals surface area contributed by atoms with Crippen LogP contribution in [0.3, 0.4) is 0 Å². The summed E-state index contributed by atoms with van der Waals surface area (Å²) < 4.78 is 1.79. The van der Waals surface area contributed by atoms with E-state index in [1.54, 1.807) is 4.68 Å². The van der Waals surface area contributed by atoms with E-state index in [2.05, 4.69) is 20.5 Å². The second-order valence-corrected chi connectivity index (χ2v) is 3.44. The summed E-state index contributed by atoms with van der Waals surface area (Å²) in [7, 11) is 0. The van der Waals surface area contributed by atoms with Crippen molar-refractivity contribution < 1.29 is 0 Å². The van der Waals surface area contributed by atoms with Crippen LogP contribution in [0.4, 0.5) is 5.69 Å². The van der Waals surface area contributed by atoms with Crippen LogP contribution in [-0.4, -0.2) is 21.5 Å². The van der Waals surface area contributed by atoms with Crippen LogP contribution in [0.15, 0.2) is 22.4 Å². The first-order chi connectivity index (χ1) is 7.40. The summed E-state index contributed by atoms with van der Waals surface area (Å²) in [4.78, 5) is 0. The van der Waals surface area contributed by atoms with Crippen LogP contribution in [0, 0.1) is 0 Å². The molecule has 0 fully saturated rings. The van der Waals surface area contributed by atoms with Gasteiger partial charge in [0.25, 0.3) is 0 Å². The Hall–Kier alpha value is -1.82. The molecule has 1 aliphatic rings. The number of hydrogen-bond donors (Lipinski definition) is 1. The van der Waals surface area contributed by atoms with Crippen LogP contribution < -0.4 is 5.73 Å². The number of azo groups is 1. The monoisotopic (exact) mass is 202 g/mol. The lowest BCUT2D eigenvalue weighted by Gasteiger charge is -2.01. The zero-order valence-corrected chi connectivity index (χ0v) is 8.09. The van der Waals surface area contributed by atoms with Crippen LogP contribution in [0.25, 0.3) is 11.0 Å². The molecule has 1 aromatic carbocycles. The molecule has 0 unspecified atom stereocenters. The van der Waals surface area contributed by atoms with Crippen LogP contribution in [0.2, 0.25) is 0 Å². The van der Waals surface area contributed by atoms with Crippen molar-refractivity contribution in [2.24, 2.45) is 16.0 Å². The highest BCUT2D eigenvalue weighted by atomic mass is 15.4. The fourth-order valence-electron chi connectivity index (χ4n) is 1.79. The summed E-state index contributed by atoms with van der Waals surface area (Å²) >= 11 is 0. The van der Waals surface area contributed by atoms with E-state index in [-0.39, 0.29) is 0 Å². The van der Waals surface area contributed by atoms with E-state index in [9.17, 15) is 0 Å². The average molecular weight is 202 g/mol. The van der Waals surface area contributed by atoms with Crippen molar-refractivity contribution in [3.8, 4) is 0 Å². The topological polar surface area (TPSA) is 81.5 Å². The highest BCUT2D eigenvalue weighted by molar-refractivity contribution is 5.88. The smallest absolute Gasteiger partial charge is 0.118 e. The lowest BCUT2D eigenvalue weighted by atomic mass is 10.1. The molecule has 2 heterocycles. The number of aromatic nitrogens is 3. The Labute approximate surface area is 85.8 Å². The fourth-order valence-corrected chi connectivity index (χ4v) is 1.79. The molecule has 0 radical (unpaired) electrons. The number of benzene rings is 1. The van der Waals surface area contributed by atoms with Crippen molar-refractivity contribution in [1.82, 2.24) is 15.0 Å². The molecule has 1 aromatic heterocycles. The predicted molar refractivity (Wildman–Crippen MR) is 54.8 cm³/mol. The van der Waals surface area contributed by atoms with Crippen LogP contribution in [0.5, 0.6) is 0 Å². The van der Waals surface area contributed by atoms with Crippen molar-refractivity contribution in [2.75, 3.05) is 6.54 Å². The lowest BCUT2D eigenvalue weighted by molar-refractivity contribution is 0.616. The van der Waals surface area contributed by atoms with Crippen molar-refractivity contribution in [3.63, 3.8) is 0 Å². The maximum atomic E-state index is 5.51. The molecule has 6 heteroatoms. The van der Waals surface area contributed by atoms with Gasteiger partial charge >= 0.3 is 0 Å². The molecule has 2 N–H and O–H groups in total. The molecule has 76 valence electrons. The first kappa shape index (κ1) is 8.49. The minimum atomic E-state index is 0.541. The first-order valence-electron chi connectivity index (χ1n) is 4.83. The van der Waals surface area contributed by atoms with Gasteiger partial charge in [-0.05, 0) is 6.07 Å². The molecule has 1 aliphatic heterocycles. The quantitative estimate of drug-likeness (QED) is 0.788. The number of fused-ring (bicyclic) bond motifs is 3. The number of nitrogens with two attached hydrogens (primary N) is 1. The Bertz CT molecular complexity index is 541. The molecule has 2 aromatic rings. The molecule has 0 bridgehead atoms. The second-order valence-electron chi connectivity index (χ2n) is 3.44. The highest BCUT2D eigenvalue weighted by Crippen LogP contribution is 2.33. The summed E-state index contributed by atoms with van der Waals surface area (Å²) in [5.41, 5.74) is 9.33. The number of nitrogens with zero attached hydrogens (tertiary/aromatic N) is 5. The minimum absolute atomic E-state index is 0.541. The Morgan fingerprint density at radius 3 is 3.20 bits per heavy atom. The third kappa shape index (κ3) is 1.15. The maximum absolute atomic E-state index is 5.51. The van der Waals surface area contributed by atoms with Crippen LogP contribution in [0.1, 0.15) is 5.56 Å². The molecular weight excluding hydrogens is 192 g/mol. The van der Waals surface area contributed by atoms with Gasteiger partial charge in [0.15, 0.2) is 0 Å². The molecule has 0 saturated heterocycles. The van der Waals surface area contributed by atoms with Crippen molar-refractivity contribution in [2.45, 2.75) is 13.1 Å². The van der Waals surface area contributed by atoms with Gasteiger partial charge in [0.1, 0.15) is 16.7 Å². The lowest BCUT2D eigenvalue weighted by Crippen LogP contribution is -2.11. The van der Waals surface area contributed by atoms with Gasteiger partial charge in [0.05, 0.1) is 13.1 Å². The third-order valence-electron chi connectivity index (χ3n) is 2.48. The van der Waals surface area contributed by atoms with E-state index >= 15 is 0 Å². The molecule has 15 heavy (non-hydrogen) atoms.